The first kappa shape index (κ1) is 18.3. The number of benzene rings is 1. The van der Waals surface area contributed by atoms with Gasteiger partial charge in [0.15, 0.2) is 0 Å². The molecule has 4 nitrogen and oxygen atoms in total. The molecule has 0 aromatic heterocycles. The van der Waals surface area contributed by atoms with E-state index in [0.29, 0.717) is 19.4 Å². The predicted molar refractivity (Wildman–Crippen MR) is 84.3 cm³/mol. The largest absolute Gasteiger partial charge is 0.416 e. The quantitative estimate of drug-likeness (QED) is 0.586. The summed E-state index contributed by atoms with van der Waals surface area (Å²) in [5, 5.41) is 5.31. The van der Waals surface area contributed by atoms with E-state index in [1.165, 1.54) is 12.1 Å². The molecule has 2 N–H and O–H groups in total. The molecule has 1 saturated carbocycles. The second kappa shape index (κ2) is 7.23. The van der Waals surface area contributed by atoms with Crippen LogP contribution in [0.25, 0.3) is 0 Å². The summed E-state index contributed by atoms with van der Waals surface area (Å²) < 4.78 is 37.6. The Bertz CT molecular complexity index is 593. The molecule has 0 bridgehead atoms. The van der Waals surface area contributed by atoms with Gasteiger partial charge in [0.1, 0.15) is 5.41 Å². The van der Waals surface area contributed by atoms with E-state index < -0.39 is 23.1 Å². The molecule has 24 heavy (non-hydrogen) atoms. The van der Waals surface area contributed by atoms with Gasteiger partial charge in [-0.15, -0.1) is 0 Å². The Balaban J connectivity index is 1.93. The summed E-state index contributed by atoms with van der Waals surface area (Å²) in [5.41, 5.74) is -1.61. The van der Waals surface area contributed by atoms with Crippen molar-refractivity contribution in [2.45, 2.75) is 45.2 Å². The monoisotopic (exact) mass is 342 g/mol. The predicted octanol–water partition coefficient (Wildman–Crippen LogP) is 3.73. The van der Waals surface area contributed by atoms with Gasteiger partial charge in [-0.1, -0.05) is 19.8 Å². The molecule has 0 radical (unpaired) electrons. The number of hydrogen-bond donors (Lipinski definition) is 2. The van der Waals surface area contributed by atoms with Crippen molar-refractivity contribution in [3.05, 3.63) is 29.8 Å². The molecule has 1 aromatic rings. The van der Waals surface area contributed by atoms with E-state index in [4.69, 9.17) is 0 Å². The van der Waals surface area contributed by atoms with E-state index in [0.717, 1.165) is 31.4 Å². The second-order valence-electron chi connectivity index (χ2n) is 6.07. The van der Waals surface area contributed by atoms with Crippen LogP contribution in [0.15, 0.2) is 24.3 Å². The highest BCUT2D eigenvalue weighted by Crippen LogP contribution is 2.46. The van der Waals surface area contributed by atoms with Gasteiger partial charge < -0.3 is 10.6 Å². The zero-order valence-corrected chi connectivity index (χ0v) is 13.5. The highest BCUT2D eigenvalue weighted by molar-refractivity contribution is 6.13. The summed E-state index contributed by atoms with van der Waals surface area (Å²) in [4.78, 5) is 24.5. The minimum Gasteiger partial charge on any atom is -0.355 e. The van der Waals surface area contributed by atoms with Gasteiger partial charge in [-0.25, -0.2) is 0 Å². The maximum Gasteiger partial charge on any atom is 0.416 e. The number of amides is 2. The highest BCUT2D eigenvalue weighted by Gasteiger charge is 2.56. The minimum atomic E-state index is -4.42. The molecule has 132 valence electrons. The molecular formula is C17H21F3N2O2. The fourth-order valence-electron chi connectivity index (χ4n) is 2.42. The fraction of sp³-hybridized carbons (Fsp3) is 0.529. The third kappa shape index (κ3) is 4.27. The molecule has 0 saturated heterocycles. The minimum absolute atomic E-state index is 0.248. The zero-order chi connectivity index (χ0) is 17.8. The number of carbonyl (C=O) groups is 2. The summed E-state index contributed by atoms with van der Waals surface area (Å²) in [6.07, 6.45) is -0.601. The first-order valence-electron chi connectivity index (χ1n) is 8.06. The lowest BCUT2D eigenvalue weighted by Gasteiger charge is -2.16. The summed E-state index contributed by atoms with van der Waals surface area (Å²) in [6.45, 7) is 2.59. The second-order valence-corrected chi connectivity index (χ2v) is 6.07. The SMILES string of the molecule is CCCCCNC(=O)C1(C(=O)Nc2ccc(C(F)(F)F)cc2)CC1. The van der Waals surface area contributed by atoms with E-state index in [1.807, 2.05) is 0 Å². The number of rotatable bonds is 7. The van der Waals surface area contributed by atoms with Gasteiger partial charge in [-0.3, -0.25) is 9.59 Å². The Labute approximate surface area is 138 Å². The molecule has 1 aliphatic carbocycles. The smallest absolute Gasteiger partial charge is 0.355 e. The topological polar surface area (TPSA) is 58.2 Å². The van der Waals surface area contributed by atoms with Crippen molar-refractivity contribution in [2.24, 2.45) is 5.41 Å². The molecule has 0 aliphatic heterocycles. The van der Waals surface area contributed by atoms with Crippen LogP contribution < -0.4 is 10.6 Å². The van der Waals surface area contributed by atoms with Crippen LogP contribution in [0, 0.1) is 5.41 Å². The number of hydrogen-bond acceptors (Lipinski definition) is 2. The lowest BCUT2D eigenvalue weighted by Crippen LogP contribution is -2.40. The molecular weight excluding hydrogens is 321 g/mol. The standard InChI is InChI=1S/C17H21F3N2O2/c1-2-3-4-11-21-14(23)16(9-10-16)15(24)22-13-7-5-12(6-8-13)17(18,19)20/h5-8H,2-4,9-11H2,1H3,(H,21,23)(H,22,24). The van der Waals surface area contributed by atoms with E-state index in [1.54, 1.807) is 0 Å². The molecule has 0 atom stereocenters. The Hall–Kier alpha value is -2.05. The number of nitrogens with one attached hydrogen (secondary N) is 2. The molecule has 1 fully saturated rings. The van der Waals surface area contributed by atoms with Crippen LogP contribution in [0.5, 0.6) is 0 Å². The van der Waals surface area contributed by atoms with Gasteiger partial charge in [0.05, 0.1) is 5.56 Å². The van der Waals surface area contributed by atoms with Crippen LogP contribution in [0.1, 0.15) is 44.6 Å². The van der Waals surface area contributed by atoms with Crippen LogP contribution >= 0.6 is 0 Å². The Morgan fingerprint density at radius 1 is 1.08 bits per heavy atom. The van der Waals surface area contributed by atoms with E-state index in [-0.39, 0.29) is 11.6 Å². The highest BCUT2D eigenvalue weighted by atomic mass is 19.4. The van der Waals surface area contributed by atoms with Crippen molar-refractivity contribution in [1.29, 1.82) is 0 Å². The van der Waals surface area contributed by atoms with Crippen molar-refractivity contribution in [2.75, 3.05) is 11.9 Å². The van der Waals surface area contributed by atoms with Crippen molar-refractivity contribution in [3.63, 3.8) is 0 Å². The lowest BCUT2D eigenvalue weighted by atomic mass is 10.0. The van der Waals surface area contributed by atoms with Crippen LogP contribution in [0.3, 0.4) is 0 Å². The number of halogens is 3. The van der Waals surface area contributed by atoms with Crippen LogP contribution in [-0.2, 0) is 15.8 Å². The van der Waals surface area contributed by atoms with Crippen molar-refractivity contribution >= 4 is 17.5 Å². The van der Waals surface area contributed by atoms with E-state index in [2.05, 4.69) is 17.6 Å². The van der Waals surface area contributed by atoms with E-state index >= 15 is 0 Å². The van der Waals surface area contributed by atoms with Gasteiger partial charge >= 0.3 is 6.18 Å². The van der Waals surface area contributed by atoms with Crippen LogP contribution in [0.4, 0.5) is 18.9 Å². The molecule has 1 aromatic carbocycles. The number of carbonyl (C=O) groups excluding carboxylic acids is 2. The Kier molecular flexibility index (Phi) is 5.51. The third-order valence-corrected chi connectivity index (χ3v) is 4.16. The molecule has 0 heterocycles. The average molecular weight is 342 g/mol. The summed E-state index contributed by atoms with van der Waals surface area (Å²) in [5.74, 6) is -0.765. The van der Waals surface area contributed by atoms with Crippen molar-refractivity contribution < 1.29 is 22.8 Å². The summed E-state index contributed by atoms with van der Waals surface area (Å²) in [6, 6.07) is 4.19. The molecule has 7 heteroatoms. The zero-order valence-electron chi connectivity index (χ0n) is 13.5. The fourth-order valence-corrected chi connectivity index (χ4v) is 2.42. The molecule has 2 amide bonds. The summed E-state index contributed by atoms with van der Waals surface area (Å²) >= 11 is 0. The number of anilines is 1. The Morgan fingerprint density at radius 2 is 1.71 bits per heavy atom. The maximum atomic E-state index is 12.5. The van der Waals surface area contributed by atoms with Crippen molar-refractivity contribution in [1.82, 2.24) is 5.32 Å². The average Bonchev–Trinajstić information content (AvgIpc) is 3.33. The van der Waals surface area contributed by atoms with Gasteiger partial charge in [-0.05, 0) is 43.5 Å². The van der Waals surface area contributed by atoms with Crippen molar-refractivity contribution in [3.8, 4) is 0 Å². The van der Waals surface area contributed by atoms with Gasteiger partial charge in [0, 0.05) is 12.2 Å². The van der Waals surface area contributed by atoms with Crippen LogP contribution in [-0.4, -0.2) is 18.4 Å². The first-order chi connectivity index (χ1) is 11.3. The molecule has 2 rings (SSSR count). The lowest BCUT2D eigenvalue weighted by molar-refractivity contribution is -0.137. The maximum absolute atomic E-state index is 12.5. The molecule has 0 spiro atoms. The summed E-state index contributed by atoms with van der Waals surface area (Å²) in [7, 11) is 0. The first-order valence-corrected chi connectivity index (χ1v) is 8.06. The molecule has 1 aliphatic rings. The Morgan fingerprint density at radius 3 is 2.21 bits per heavy atom. The third-order valence-electron chi connectivity index (χ3n) is 4.16. The van der Waals surface area contributed by atoms with E-state index in [9.17, 15) is 22.8 Å². The van der Waals surface area contributed by atoms with Gasteiger partial charge in [0.25, 0.3) is 0 Å². The number of alkyl halides is 3. The molecule has 0 unspecified atom stereocenters. The normalized spacial score (nSPS) is 15.7. The van der Waals surface area contributed by atoms with Gasteiger partial charge in [0.2, 0.25) is 11.8 Å². The van der Waals surface area contributed by atoms with Crippen LogP contribution in [0.2, 0.25) is 0 Å². The number of unbranched alkanes of at least 4 members (excludes halogenated alkanes) is 2. The van der Waals surface area contributed by atoms with Gasteiger partial charge in [-0.2, -0.15) is 13.2 Å².